The average Bonchev–Trinajstić information content (AvgIpc) is 3.54. The van der Waals surface area contributed by atoms with E-state index in [2.05, 4.69) is 15.2 Å². The van der Waals surface area contributed by atoms with Gasteiger partial charge in [-0.1, -0.05) is 23.9 Å². The van der Waals surface area contributed by atoms with Crippen LogP contribution in [0.15, 0.2) is 47.5 Å². The summed E-state index contributed by atoms with van der Waals surface area (Å²) in [4.78, 5) is 45.6. The molecule has 2 heterocycles. The Morgan fingerprint density at radius 2 is 1.83 bits per heavy atom. The number of hydrogen-bond acceptors (Lipinski definition) is 7. The molecule has 190 valence electrons. The summed E-state index contributed by atoms with van der Waals surface area (Å²) in [5.74, 6) is 0.507. The number of thioether (sulfide) groups is 1. The smallest absolute Gasteiger partial charge is 0.262 e. The fourth-order valence-electron chi connectivity index (χ4n) is 4.26. The predicted octanol–water partition coefficient (Wildman–Crippen LogP) is 3.40. The third-order valence-corrected chi connectivity index (χ3v) is 7.34. The zero-order chi connectivity index (χ0) is 25.7. The molecule has 0 radical (unpaired) electrons. The summed E-state index contributed by atoms with van der Waals surface area (Å²) in [7, 11) is 4.85. The summed E-state index contributed by atoms with van der Waals surface area (Å²) >= 11 is 1.37. The van der Waals surface area contributed by atoms with Gasteiger partial charge in [-0.25, -0.2) is 0 Å². The Morgan fingerprint density at radius 1 is 1.11 bits per heavy atom. The van der Waals surface area contributed by atoms with E-state index in [0.29, 0.717) is 29.3 Å². The lowest BCUT2D eigenvalue weighted by molar-refractivity contribution is -0.121. The van der Waals surface area contributed by atoms with Crippen molar-refractivity contribution in [2.24, 2.45) is 4.99 Å². The molecule has 0 saturated carbocycles. The normalized spacial score (nSPS) is 17.1. The quantitative estimate of drug-likeness (QED) is 0.581. The number of rotatable bonds is 8. The van der Waals surface area contributed by atoms with E-state index in [1.54, 1.807) is 56.5 Å². The van der Waals surface area contributed by atoms with Crippen LogP contribution in [0.5, 0.6) is 11.5 Å². The van der Waals surface area contributed by atoms with Gasteiger partial charge >= 0.3 is 0 Å². The average molecular weight is 511 g/mol. The van der Waals surface area contributed by atoms with E-state index in [0.717, 1.165) is 36.7 Å². The predicted molar refractivity (Wildman–Crippen MR) is 140 cm³/mol. The lowest BCUT2D eigenvalue weighted by atomic mass is 10.1. The molecular weight excluding hydrogens is 480 g/mol. The van der Waals surface area contributed by atoms with E-state index in [1.807, 2.05) is 12.1 Å². The van der Waals surface area contributed by atoms with Crippen molar-refractivity contribution in [3.63, 3.8) is 0 Å². The number of amidine groups is 1. The van der Waals surface area contributed by atoms with Crippen LogP contribution < -0.4 is 14.8 Å². The van der Waals surface area contributed by atoms with Crippen molar-refractivity contribution in [3.05, 3.63) is 53.6 Å². The van der Waals surface area contributed by atoms with Crippen molar-refractivity contribution in [2.45, 2.75) is 31.1 Å². The maximum absolute atomic E-state index is 13.0. The first kappa shape index (κ1) is 25.6. The van der Waals surface area contributed by atoms with Gasteiger partial charge in [-0.3, -0.25) is 14.4 Å². The molecule has 36 heavy (non-hydrogen) atoms. The number of likely N-dealkylation sites (tertiary alicyclic amines) is 1. The van der Waals surface area contributed by atoms with E-state index in [4.69, 9.17) is 9.47 Å². The molecule has 1 N–H and O–H groups in total. The highest BCUT2D eigenvalue weighted by atomic mass is 32.2. The molecule has 1 saturated heterocycles. The van der Waals surface area contributed by atoms with Crippen molar-refractivity contribution >= 4 is 40.3 Å². The van der Waals surface area contributed by atoms with Crippen LogP contribution in [-0.4, -0.2) is 72.3 Å². The molecular formula is C26H30N4O5S. The van der Waals surface area contributed by atoms with Crippen molar-refractivity contribution in [1.29, 1.82) is 0 Å². The number of ether oxygens (including phenoxy) is 2. The van der Waals surface area contributed by atoms with Gasteiger partial charge in [0.2, 0.25) is 5.91 Å². The maximum Gasteiger partial charge on any atom is 0.262 e. The van der Waals surface area contributed by atoms with Crippen molar-refractivity contribution in [2.75, 3.05) is 39.7 Å². The van der Waals surface area contributed by atoms with Crippen molar-refractivity contribution in [3.8, 4) is 11.5 Å². The van der Waals surface area contributed by atoms with Crippen LogP contribution in [0, 0.1) is 0 Å². The first-order chi connectivity index (χ1) is 17.4. The molecule has 0 aromatic heterocycles. The molecule has 0 unspecified atom stereocenters. The maximum atomic E-state index is 13.0. The molecule has 2 aromatic carbocycles. The van der Waals surface area contributed by atoms with E-state index in [1.165, 1.54) is 11.8 Å². The number of benzene rings is 2. The van der Waals surface area contributed by atoms with Gasteiger partial charge < -0.3 is 24.6 Å². The molecule has 9 nitrogen and oxygen atoms in total. The molecule has 10 heteroatoms. The molecule has 1 atom stereocenters. The van der Waals surface area contributed by atoms with E-state index in [-0.39, 0.29) is 24.1 Å². The van der Waals surface area contributed by atoms with Crippen LogP contribution in [0.3, 0.4) is 0 Å². The van der Waals surface area contributed by atoms with Crippen LogP contribution in [0.1, 0.15) is 35.2 Å². The lowest BCUT2D eigenvalue weighted by Gasteiger charge is -2.20. The van der Waals surface area contributed by atoms with Crippen molar-refractivity contribution in [1.82, 2.24) is 9.80 Å². The zero-order valence-electron chi connectivity index (χ0n) is 20.7. The van der Waals surface area contributed by atoms with Gasteiger partial charge in [0.05, 0.1) is 14.2 Å². The number of aliphatic imine (C=N–C) groups is 1. The molecule has 0 spiro atoms. The lowest BCUT2D eigenvalue weighted by Crippen LogP contribution is -2.26. The van der Waals surface area contributed by atoms with Crippen LogP contribution in [-0.2, 0) is 16.1 Å². The minimum absolute atomic E-state index is 0.0517. The minimum Gasteiger partial charge on any atom is -0.493 e. The highest BCUT2D eigenvalue weighted by Crippen LogP contribution is 2.32. The number of amides is 3. The van der Waals surface area contributed by atoms with Gasteiger partial charge in [0.15, 0.2) is 16.7 Å². The second-order valence-corrected chi connectivity index (χ2v) is 9.85. The summed E-state index contributed by atoms with van der Waals surface area (Å²) in [6, 6.07) is 12.2. The largest absolute Gasteiger partial charge is 0.493 e. The van der Waals surface area contributed by atoms with E-state index < -0.39 is 5.25 Å². The first-order valence-electron chi connectivity index (χ1n) is 11.8. The summed E-state index contributed by atoms with van der Waals surface area (Å²) in [5.41, 5.74) is 1.88. The van der Waals surface area contributed by atoms with Gasteiger partial charge in [-0.2, -0.15) is 4.99 Å². The zero-order valence-corrected chi connectivity index (χ0v) is 21.5. The highest BCUT2D eigenvalue weighted by molar-refractivity contribution is 8.15. The number of nitrogens with one attached hydrogen (secondary N) is 1. The standard InChI is InChI=1S/C26H30N4O5S/c1-29(16-18-7-6-8-20(34-2)23(18)35-3)25(33)17-9-11-19(12-10-17)27-22(31)15-21-24(32)28-26(36-21)30-13-4-5-14-30/h6-12,21H,4-5,13-16H2,1-3H3,(H,27,31)/t21-/m0/s1. The Morgan fingerprint density at radius 3 is 2.50 bits per heavy atom. The summed E-state index contributed by atoms with van der Waals surface area (Å²) < 4.78 is 10.8. The first-order valence-corrected chi connectivity index (χ1v) is 12.7. The Balaban J connectivity index is 1.31. The second-order valence-electron chi connectivity index (χ2n) is 8.68. The van der Waals surface area contributed by atoms with E-state index >= 15 is 0 Å². The SMILES string of the molecule is COc1cccc(CN(C)C(=O)c2ccc(NC(=O)C[C@@H]3SC(N4CCCC4)=NC3=O)cc2)c1OC. The van der Waals surface area contributed by atoms with E-state index in [9.17, 15) is 14.4 Å². The summed E-state index contributed by atoms with van der Waals surface area (Å²) in [6.45, 7) is 2.16. The topological polar surface area (TPSA) is 101 Å². The fraction of sp³-hybridized carbons (Fsp3) is 0.385. The fourth-order valence-corrected chi connectivity index (χ4v) is 5.37. The monoisotopic (exact) mass is 510 g/mol. The Labute approximate surface area is 214 Å². The molecule has 0 bridgehead atoms. The number of carbonyl (C=O) groups excluding carboxylic acids is 3. The molecule has 0 aliphatic carbocycles. The highest BCUT2D eigenvalue weighted by Gasteiger charge is 2.33. The number of hydrogen-bond donors (Lipinski definition) is 1. The number of methoxy groups -OCH3 is 2. The number of nitrogens with zero attached hydrogens (tertiary/aromatic N) is 3. The third kappa shape index (κ3) is 5.81. The number of carbonyl (C=O) groups is 3. The number of para-hydroxylation sites is 1. The molecule has 2 aliphatic rings. The molecule has 2 aromatic rings. The third-order valence-electron chi connectivity index (χ3n) is 6.13. The van der Waals surface area contributed by atoms with Crippen LogP contribution >= 0.6 is 11.8 Å². The summed E-state index contributed by atoms with van der Waals surface area (Å²) in [5, 5.41) is 3.05. The van der Waals surface area contributed by atoms with Crippen molar-refractivity contribution < 1.29 is 23.9 Å². The Hall–Kier alpha value is -3.53. The van der Waals surface area contributed by atoms with Gasteiger partial charge in [0, 0.05) is 49.9 Å². The van der Waals surface area contributed by atoms with Gasteiger partial charge in [0.1, 0.15) is 5.25 Å². The van der Waals surface area contributed by atoms with Gasteiger partial charge in [0.25, 0.3) is 11.8 Å². The Kier molecular flexibility index (Phi) is 8.14. The van der Waals surface area contributed by atoms with Crippen LogP contribution in [0.4, 0.5) is 5.69 Å². The minimum atomic E-state index is -0.497. The Bertz CT molecular complexity index is 1160. The number of anilines is 1. The second kappa shape index (κ2) is 11.5. The summed E-state index contributed by atoms with van der Waals surface area (Å²) in [6.07, 6.45) is 2.25. The molecule has 2 aliphatic heterocycles. The van der Waals surface area contributed by atoms with Crippen LogP contribution in [0.2, 0.25) is 0 Å². The molecule has 3 amide bonds. The van der Waals surface area contributed by atoms with Crippen LogP contribution in [0.25, 0.3) is 0 Å². The van der Waals surface area contributed by atoms with Gasteiger partial charge in [-0.15, -0.1) is 0 Å². The molecule has 1 fully saturated rings. The molecule has 4 rings (SSSR count). The van der Waals surface area contributed by atoms with Gasteiger partial charge in [-0.05, 0) is 43.2 Å².